The first-order valence-electron chi connectivity index (χ1n) is 6.40. The van der Waals surface area contributed by atoms with E-state index >= 15 is 0 Å². The summed E-state index contributed by atoms with van der Waals surface area (Å²) in [5.41, 5.74) is 0.921. The van der Waals surface area contributed by atoms with Crippen LogP contribution in [0, 0.1) is 0 Å². The first-order valence-corrected chi connectivity index (χ1v) is 7.22. The second-order valence-electron chi connectivity index (χ2n) is 4.92. The van der Waals surface area contributed by atoms with E-state index in [9.17, 15) is 10.2 Å². The molecule has 1 aliphatic rings. The van der Waals surface area contributed by atoms with Gasteiger partial charge in [0.25, 0.3) is 0 Å². The Balaban J connectivity index is 1.78. The number of anilines is 1. The van der Waals surface area contributed by atoms with Gasteiger partial charge in [-0.1, -0.05) is 11.3 Å². The van der Waals surface area contributed by atoms with Crippen LogP contribution in [0.25, 0.3) is 10.2 Å². The van der Waals surface area contributed by atoms with Gasteiger partial charge in [-0.15, -0.1) is 0 Å². The molecule has 2 atom stereocenters. The molecular weight excluding hydrogens is 262 g/mol. The number of aromatic nitrogens is 1. The zero-order chi connectivity index (χ0) is 13.4. The third kappa shape index (κ3) is 2.65. The lowest BCUT2D eigenvalue weighted by atomic mass is 10.2. The molecule has 3 rings (SSSR count). The molecule has 19 heavy (non-hydrogen) atoms. The van der Waals surface area contributed by atoms with Gasteiger partial charge in [0.2, 0.25) is 0 Å². The molecule has 0 spiro atoms. The quantitative estimate of drug-likeness (QED) is 0.743. The average Bonchev–Trinajstić information content (AvgIpc) is 2.93. The molecule has 3 N–H and O–H groups in total. The predicted octanol–water partition coefficient (Wildman–Crippen LogP) is 1.51. The predicted molar refractivity (Wildman–Crippen MR) is 76.7 cm³/mol. The van der Waals surface area contributed by atoms with Crippen LogP contribution in [-0.2, 0) is 0 Å². The fraction of sp³-hybridized carbons (Fsp3) is 0.462. The van der Waals surface area contributed by atoms with E-state index in [0.717, 1.165) is 34.9 Å². The van der Waals surface area contributed by atoms with Crippen molar-refractivity contribution in [3.8, 4) is 5.75 Å². The summed E-state index contributed by atoms with van der Waals surface area (Å²) in [5.74, 6) is 0.276. The number of rotatable bonds is 3. The molecule has 1 saturated heterocycles. The fourth-order valence-electron chi connectivity index (χ4n) is 2.45. The Morgan fingerprint density at radius 3 is 3.16 bits per heavy atom. The standard InChI is InChI=1S/C13H17N3O2S/c1-8(17)14-9-4-5-16(7-9)13-15-11-3-2-10(18)6-12(11)19-13/h2-3,6,8-9,14,17-18H,4-5,7H2,1H3. The van der Waals surface area contributed by atoms with Crippen LogP contribution in [-0.4, -0.2) is 40.6 Å². The molecule has 0 amide bonds. The van der Waals surface area contributed by atoms with Gasteiger partial charge in [-0.2, -0.15) is 0 Å². The van der Waals surface area contributed by atoms with Crippen LogP contribution in [0.2, 0.25) is 0 Å². The number of phenolic OH excluding ortho intramolecular Hbond substituents is 1. The largest absolute Gasteiger partial charge is 0.508 e. The smallest absolute Gasteiger partial charge is 0.186 e. The molecule has 1 aliphatic heterocycles. The lowest BCUT2D eigenvalue weighted by Crippen LogP contribution is -2.38. The van der Waals surface area contributed by atoms with Crippen molar-refractivity contribution in [2.45, 2.75) is 25.6 Å². The normalized spacial score (nSPS) is 21.2. The van der Waals surface area contributed by atoms with Crippen molar-refractivity contribution >= 4 is 26.7 Å². The van der Waals surface area contributed by atoms with Crippen molar-refractivity contribution in [1.29, 1.82) is 0 Å². The zero-order valence-electron chi connectivity index (χ0n) is 10.7. The summed E-state index contributed by atoms with van der Waals surface area (Å²) >= 11 is 1.59. The molecule has 1 aromatic carbocycles. The zero-order valence-corrected chi connectivity index (χ0v) is 11.5. The van der Waals surface area contributed by atoms with Crippen LogP contribution in [0.1, 0.15) is 13.3 Å². The van der Waals surface area contributed by atoms with Crippen LogP contribution in [0.4, 0.5) is 5.13 Å². The molecule has 0 bridgehead atoms. The molecule has 0 aliphatic carbocycles. The Bertz CT molecular complexity index is 584. The highest BCUT2D eigenvalue weighted by molar-refractivity contribution is 7.22. The summed E-state index contributed by atoms with van der Waals surface area (Å²) in [4.78, 5) is 6.82. The van der Waals surface area contributed by atoms with E-state index in [0.29, 0.717) is 6.04 Å². The minimum Gasteiger partial charge on any atom is -0.508 e. The van der Waals surface area contributed by atoms with E-state index in [4.69, 9.17) is 0 Å². The van der Waals surface area contributed by atoms with Crippen molar-refractivity contribution in [3.05, 3.63) is 18.2 Å². The Morgan fingerprint density at radius 2 is 2.37 bits per heavy atom. The molecule has 2 unspecified atom stereocenters. The lowest BCUT2D eigenvalue weighted by molar-refractivity contribution is 0.143. The van der Waals surface area contributed by atoms with Crippen molar-refractivity contribution in [3.63, 3.8) is 0 Å². The van der Waals surface area contributed by atoms with Crippen molar-refractivity contribution in [2.75, 3.05) is 18.0 Å². The van der Waals surface area contributed by atoms with Gasteiger partial charge in [0.05, 0.1) is 10.2 Å². The van der Waals surface area contributed by atoms with E-state index < -0.39 is 6.23 Å². The highest BCUT2D eigenvalue weighted by Crippen LogP contribution is 2.32. The van der Waals surface area contributed by atoms with Gasteiger partial charge in [-0.05, 0) is 31.5 Å². The second kappa shape index (κ2) is 4.96. The number of phenols is 1. The van der Waals surface area contributed by atoms with Crippen LogP contribution >= 0.6 is 11.3 Å². The highest BCUT2D eigenvalue weighted by Gasteiger charge is 2.25. The van der Waals surface area contributed by atoms with E-state index in [-0.39, 0.29) is 5.75 Å². The SMILES string of the molecule is CC(O)NC1CCN(c2nc3ccc(O)cc3s2)C1. The number of hydrogen-bond donors (Lipinski definition) is 3. The molecule has 1 aromatic heterocycles. The molecule has 2 heterocycles. The first-order chi connectivity index (χ1) is 9.11. The van der Waals surface area contributed by atoms with Crippen LogP contribution < -0.4 is 10.2 Å². The molecule has 0 radical (unpaired) electrons. The van der Waals surface area contributed by atoms with Crippen molar-refractivity contribution < 1.29 is 10.2 Å². The summed E-state index contributed by atoms with van der Waals surface area (Å²) in [6.07, 6.45) is 0.531. The van der Waals surface area contributed by atoms with Crippen molar-refractivity contribution in [1.82, 2.24) is 10.3 Å². The van der Waals surface area contributed by atoms with Crippen molar-refractivity contribution in [2.24, 2.45) is 0 Å². The molecular formula is C13H17N3O2S. The van der Waals surface area contributed by atoms with Gasteiger partial charge in [0.15, 0.2) is 5.13 Å². The Kier molecular flexibility index (Phi) is 3.30. The van der Waals surface area contributed by atoms with Gasteiger partial charge in [-0.3, -0.25) is 5.32 Å². The number of nitrogens with one attached hydrogen (secondary N) is 1. The number of aliphatic hydroxyl groups is 1. The maximum atomic E-state index is 9.47. The van der Waals surface area contributed by atoms with Gasteiger partial charge in [0.1, 0.15) is 12.0 Å². The van der Waals surface area contributed by atoms with Gasteiger partial charge in [-0.25, -0.2) is 4.98 Å². The van der Waals surface area contributed by atoms with E-state index in [1.165, 1.54) is 0 Å². The molecule has 1 fully saturated rings. The van der Waals surface area contributed by atoms with E-state index in [1.807, 2.05) is 6.07 Å². The molecule has 0 saturated carbocycles. The molecule has 2 aromatic rings. The monoisotopic (exact) mass is 279 g/mol. The Morgan fingerprint density at radius 1 is 1.53 bits per heavy atom. The summed E-state index contributed by atoms with van der Waals surface area (Å²) in [6.45, 7) is 3.54. The second-order valence-corrected chi connectivity index (χ2v) is 5.93. The number of thiazole rings is 1. The van der Waals surface area contributed by atoms with Gasteiger partial charge < -0.3 is 15.1 Å². The molecule has 5 nitrogen and oxygen atoms in total. The third-order valence-corrected chi connectivity index (χ3v) is 4.38. The minimum atomic E-state index is -0.475. The topological polar surface area (TPSA) is 68.6 Å². The lowest BCUT2D eigenvalue weighted by Gasteiger charge is -2.16. The summed E-state index contributed by atoms with van der Waals surface area (Å²) in [7, 11) is 0. The number of fused-ring (bicyclic) bond motifs is 1. The van der Waals surface area contributed by atoms with Gasteiger partial charge in [0, 0.05) is 19.1 Å². The number of aliphatic hydroxyl groups excluding tert-OH is 1. The van der Waals surface area contributed by atoms with Crippen LogP contribution in [0.3, 0.4) is 0 Å². The summed E-state index contributed by atoms with van der Waals surface area (Å²) < 4.78 is 1.00. The summed E-state index contributed by atoms with van der Waals surface area (Å²) in [5, 5.41) is 22.9. The number of hydrogen-bond acceptors (Lipinski definition) is 6. The highest BCUT2D eigenvalue weighted by atomic mass is 32.1. The minimum absolute atomic E-state index is 0.276. The fourth-order valence-corrected chi connectivity index (χ4v) is 3.48. The maximum absolute atomic E-state index is 9.47. The van der Waals surface area contributed by atoms with Crippen LogP contribution in [0.5, 0.6) is 5.75 Å². The number of benzene rings is 1. The number of nitrogens with zero attached hydrogens (tertiary/aromatic N) is 2. The van der Waals surface area contributed by atoms with E-state index in [1.54, 1.807) is 30.4 Å². The first kappa shape index (κ1) is 12.7. The average molecular weight is 279 g/mol. The summed E-state index contributed by atoms with van der Waals surface area (Å²) in [6, 6.07) is 5.55. The molecule has 102 valence electrons. The molecule has 6 heteroatoms. The van der Waals surface area contributed by atoms with Crippen LogP contribution in [0.15, 0.2) is 18.2 Å². The van der Waals surface area contributed by atoms with E-state index in [2.05, 4.69) is 15.2 Å². The Hall–Kier alpha value is -1.37. The van der Waals surface area contributed by atoms with Gasteiger partial charge >= 0.3 is 0 Å². The maximum Gasteiger partial charge on any atom is 0.186 e. The number of aromatic hydroxyl groups is 1. The Labute approximate surface area is 115 Å². The third-order valence-electron chi connectivity index (χ3n) is 3.30.